The zero-order valence-corrected chi connectivity index (χ0v) is 12.3. The second-order valence-corrected chi connectivity index (χ2v) is 5.57. The minimum atomic E-state index is 0.167. The number of hydrogen-bond acceptors (Lipinski definition) is 3. The molecule has 1 atom stereocenters. The van der Waals surface area contributed by atoms with Crippen molar-refractivity contribution in [3.8, 4) is 5.75 Å². The Morgan fingerprint density at radius 3 is 2.65 bits per heavy atom. The topological polar surface area (TPSA) is 25.4 Å². The van der Waals surface area contributed by atoms with Crippen LogP contribution in [0, 0.1) is 0 Å². The molecule has 1 fully saturated rings. The quantitative estimate of drug-likeness (QED) is 0.855. The number of anilines is 1. The van der Waals surface area contributed by atoms with E-state index < -0.39 is 0 Å². The van der Waals surface area contributed by atoms with E-state index in [0.29, 0.717) is 10.0 Å². The van der Waals surface area contributed by atoms with Gasteiger partial charge in [0.25, 0.3) is 0 Å². The lowest BCUT2D eigenvalue weighted by Crippen LogP contribution is -2.24. The van der Waals surface area contributed by atoms with Crippen LogP contribution in [0.2, 0.25) is 10.0 Å². The molecule has 0 spiro atoms. The van der Waals surface area contributed by atoms with Gasteiger partial charge in [0.1, 0.15) is 11.9 Å². The highest BCUT2D eigenvalue weighted by atomic mass is 35.5. The lowest BCUT2D eigenvalue weighted by molar-refractivity contribution is 0.225. The minimum Gasteiger partial charge on any atom is -0.488 e. The lowest BCUT2D eigenvalue weighted by Gasteiger charge is -2.18. The van der Waals surface area contributed by atoms with Gasteiger partial charge in [-0.2, -0.15) is 0 Å². The number of halogens is 2. The molecule has 1 aromatic carbocycles. The van der Waals surface area contributed by atoms with Crippen molar-refractivity contribution in [2.45, 2.75) is 12.5 Å². The smallest absolute Gasteiger partial charge is 0.121 e. The van der Waals surface area contributed by atoms with Crippen molar-refractivity contribution in [2.24, 2.45) is 0 Å². The van der Waals surface area contributed by atoms with Gasteiger partial charge in [0, 0.05) is 37.1 Å². The SMILES string of the molecule is Clc1ccc(OC2CCN(c3ccncc3)C2)cc1Cl. The van der Waals surface area contributed by atoms with Crippen LogP contribution in [-0.2, 0) is 0 Å². The summed E-state index contributed by atoms with van der Waals surface area (Å²) in [7, 11) is 0. The van der Waals surface area contributed by atoms with Crippen LogP contribution in [0.3, 0.4) is 0 Å². The van der Waals surface area contributed by atoms with Gasteiger partial charge >= 0.3 is 0 Å². The summed E-state index contributed by atoms with van der Waals surface area (Å²) >= 11 is 11.9. The molecule has 0 radical (unpaired) electrons. The first-order valence-corrected chi connectivity index (χ1v) is 7.24. The van der Waals surface area contributed by atoms with Crippen LogP contribution >= 0.6 is 23.2 Å². The fourth-order valence-corrected chi connectivity index (χ4v) is 2.64. The number of hydrogen-bond donors (Lipinski definition) is 0. The summed E-state index contributed by atoms with van der Waals surface area (Å²) in [4.78, 5) is 6.33. The van der Waals surface area contributed by atoms with E-state index in [1.807, 2.05) is 30.6 Å². The van der Waals surface area contributed by atoms with Gasteiger partial charge in [-0.25, -0.2) is 0 Å². The number of aromatic nitrogens is 1. The van der Waals surface area contributed by atoms with Crippen LogP contribution in [0.5, 0.6) is 5.75 Å². The molecule has 1 aromatic heterocycles. The van der Waals surface area contributed by atoms with Crippen molar-refractivity contribution >= 4 is 28.9 Å². The number of ether oxygens (including phenoxy) is 1. The average Bonchev–Trinajstić information content (AvgIpc) is 2.92. The van der Waals surface area contributed by atoms with Gasteiger partial charge in [-0.15, -0.1) is 0 Å². The maximum Gasteiger partial charge on any atom is 0.121 e. The first-order valence-electron chi connectivity index (χ1n) is 6.49. The Bertz CT molecular complexity index is 592. The van der Waals surface area contributed by atoms with E-state index in [0.717, 1.165) is 25.3 Å². The Morgan fingerprint density at radius 2 is 1.90 bits per heavy atom. The summed E-state index contributed by atoms with van der Waals surface area (Å²) in [5, 5.41) is 1.07. The van der Waals surface area contributed by atoms with Crippen molar-refractivity contribution in [2.75, 3.05) is 18.0 Å². The molecular formula is C15H14Cl2N2O. The molecule has 3 nitrogen and oxygen atoms in total. The minimum absolute atomic E-state index is 0.167. The van der Waals surface area contributed by atoms with Crippen LogP contribution in [-0.4, -0.2) is 24.2 Å². The number of rotatable bonds is 3. The molecule has 2 aromatic rings. The molecular weight excluding hydrogens is 295 g/mol. The lowest BCUT2D eigenvalue weighted by atomic mass is 10.3. The Labute approximate surface area is 128 Å². The zero-order chi connectivity index (χ0) is 13.9. The van der Waals surface area contributed by atoms with E-state index in [2.05, 4.69) is 9.88 Å². The highest BCUT2D eigenvalue weighted by molar-refractivity contribution is 6.42. The van der Waals surface area contributed by atoms with Crippen LogP contribution in [0.25, 0.3) is 0 Å². The van der Waals surface area contributed by atoms with Gasteiger partial charge in [-0.3, -0.25) is 4.98 Å². The van der Waals surface area contributed by atoms with E-state index in [4.69, 9.17) is 27.9 Å². The molecule has 0 N–H and O–H groups in total. The monoisotopic (exact) mass is 308 g/mol. The van der Waals surface area contributed by atoms with Crippen molar-refractivity contribution in [1.29, 1.82) is 0 Å². The molecule has 104 valence electrons. The van der Waals surface area contributed by atoms with Gasteiger partial charge in [-0.05, 0) is 24.3 Å². The molecule has 0 saturated carbocycles. The molecule has 1 unspecified atom stereocenters. The van der Waals surface area contributed by atoms with Crippen molar-refractivity contribution in [1.82, 2.24) is 4.98 Å². The van der Waals surface area contributed by atoms with E-state index in [1.165, 1.54) is 5.69 Å². The maximum atomic E-state index is 5.99. The summed E-state index contributed by atoms with van der Waals surface area (Å²) in [6, 6.07) is 9.40. The van der Waals surface area contributed by atoms with E-state index in [1.54, 1.807) is 12.1 Å². The largest absolute Gasteiger partial charge is 0.488 e. The molecule has 5 heteroatoms. The second-order valence-electron chi connectivity index (χ2n) is 4.76. The van der Waals surface area contributed by atoms with Gasteiger partial charge < -0.3 is 9.64 Å². The molecule has 1 aliphatic heterocycles. The standard InChI is InChI=1S/C15H14Cl2N2O/c16-14-2-1-12(9-15(14)17)20-13-5-8-19(10-13)11-3-6-18-7-4-11/h1-4,6-7,9,13H,5,8,10H2. The van der Waals surface area contributed by atoms with Gasteiger partial charge in [0.05, 0.1) is 16.6 Å². The molecule has 0 amide bonds. The predicted molar refractivity (Wildman–Crippen MR) is 81.9 cm³/mol. The van der Waals surface area contributed by atoms with Crippen molar-refractivity contribution in [3.63, 3.8) is 0 Å². The normalized spacial score (nSPS) is 18.3. The molecule has 3 rings (SSSR count). The van der Waals surface area contributed by atoms with Crippen LogP contribution < -0.4 is 9.64 Å². The summed E-state index contributed by atoms with van der Waals surface area (Å²) in [5.74, 6) is 0.765. The first kappa shape index (κ1) is 13.5. The zero-order valence-electron chi connectivity index (χ0n) is 10.8. The maximum absolute atomic E-state index is 5.99. The third-order valence-corrected chi connectivity index (χ3v) is 4.11. The highest BCUT2D eigenvalue weighted by Gasteiger charge is 2.24. The van der Waals surface area contributed by atoms with E-state index >= 15 is 0 Å². The average molecular weight is 309 g/mol. The van der Waals surface area contributed by atoms with Gasteiger partial charge in [0.15, 0.2) is 0 Å². The third-order valence-electron chi connectivity index (χ3n) is 3.37. The molecule has 1 aliphatic rings. The first-order chi connectivity index (χ1) is 9.72. The number of benzene rings is 1. The summed E-state index contributed by atoms with van der Waals surface area (Å²) in [5.41, 5.74) is 1.18. The summed E-state index contributed by atoms with van der Waals surface area (Å²) < 4.78 is 5.96. The predicted octanol–water partition coefficient (Wildman–Crippen LogP) is 4.05. The van der Waals surface area contributed by atoms with E-state index in [-0.39, 0.29) is 6.10 Å². The molecule has 20 heavy (non-hydrogen) atoms. The Morgan fingerprint density at radius 1 is 1.10 bits per heavy atom. The van der Waals surface area contributed by atoms with Crippen LogP contribution in [0.4, 0.5) is 5.69 Å². The summed E-state index contributed by atoms with van der Waals surface area (Å²) in [6.07, 6.45) is 4.77. The van der Waals surface area contributed by atoms with E-state index in [9.17, 15) is 0 Å². The Balaban J connectivity index is 1.64. The van der Waals surface area contributed by atoms with Crippen molar-refractivity contribution in [3.05, 3.63) is 52.8 Å². The van der Waals surface area contributed by atoms with Gasteiger partial charge in [-0.1, -0.05) is 23.2 Å². The molecule has 0 bridgehead atoms. The molecule has 2 heterocycles. The second kappa shape index (κ2) is 5.90. The van der Waals surface area contributed by atoms with Crippen LogP contribution in [0.1, 0.15) is 6.42 Å². The molecule has 1 saturated heterocycles. The van der Waals surface area contributed by atoms with Crippen LogP contribution in [0.15, 0.2) is 42.7 Å². The molecule has 0 aliphatic carbocycles. The fraction of sp³-hybridized carbons (Fsp3) is 0.267. The summed E-state index contributed by atoms with van der Waals surface area (Å²) in [6.45, 7) is 1.85. The number of nitrogens with zero attached hydrogens (tertiary/aromatic N) is 2. The van der Waals surface area contributed by atoms with Gasteiger partial charge in [0.2, 0.25) is 0 Å². The number of pyridine rings is 1. The fourth-order valence-electron chi connectivity index (χ4n) is 2.36. The Kier molecular flexibility index (Phi) is 3.99. The third kappa shape index (κ3) is 3.00. The Hall–Kier alpha value is -1.45. The highest BCUT2D eigenvalue weighted by Crippen LogP contribution is 2.28. The van der Waals surface area contributed by atoms with Crippen molar-refractivity contribution < 1.29 is 4.74 Å².